The standard InChI is InChI=1S/C23H25ClN2O2/c1-3-15-6-11-20-19(13-15)21(16-7-9-17(24)10-8-16)22(26(20)2)23(27)25-14-18-5-4-12-28-18/h6-11,13,18H,3-5,12,14H2,1-2H3,(H,25,27)/t18-/m1/s1. The van der Waals surface area contributed by atoms with E-state index in [0.717, 1.165) is 47.9 Å². The first kappa shape index (κ1) is 19.0. The summed E-state index contributed by atoms with van der Waals surface area (Å²) in [4.78, 5) is 13.2. The van der Waals surface area contributed by atoms with Gasteiger partial charge in [0.2, 0.25) is 0 Å². The maximum Gasteiger partial charge on any atom is 0.268 e. The van der Waals surface area contributed by atoms with E-state index in [1.54, 1.807) is 0 Å². The van der Waals surface area contributed by atoms with Gasteiger partial charge < -0.3 is 14.6 Å². The van der Waals surface area contributed by atoms with Crippen LogP contribution in [0.5, 0.6) is 0 Å². The quantitative estimate of drug-likeness (QED) is 0.661. The molecule has 0 saturated carbocycles. The Morgan fingerprint density at radius 1 is 1.25 bits per heavy atom. The first-order chi connectivity index (χ1) is 13.6. The zero-order chi connectivity index (χ0) is 19.7. The number of aromatic nitrogens is 1. The van der Waals surface area contributed by atoms with Crippen LogP contribution in [-0.2, 0) is 18.2 Å². The Morgan fingerprint density at radius 2 is 2.04 bits per heavy atom. The highest BCUT2D eigenvalue weighted by Crippen LogP contribution is 2.35. The Bertz CT molecular complexity index is 1000. The van der Waals surface area contributed by atoms with E-state index in [0.29, 0.717) is 17.3 Å². The van der Waals surface area contributed by atoms with Crippen LogP contribution in [0.15, 0.2) is 42.5 Å². The number of carbonyl (C=O) groups is 1. The van der Waals surface area contributed by atoms with E-state index >= 15 is 0 Å². The van der Waals surface area contributed by atoms with Crippen LogP contribution in [0, 0.1) is 0 Å². The second-order valence-electron chi connectivity index (χ2n) is 7.34. The fraction of sp³-hybridized carbons (Fsp3) is 0.348. The first-order valence-corrected chi connectivity index (χ1v) is 10.2. The van der Waals surface area contributed by atoms with Crippen molar-refractivity contribution in [3.8, 4) is 11.1 Å². The molecule has 1 saturated heterocycles. The van der Waals surface area contributed by atoms with E-state index in [-0.39, 0.29) is 12.0 Å². The summed E-state index contributed by atoms with van der Waals surface area (Å²) < 4.78 is 7.64. The lowest BCUT2D eigenvalue weighted by molar-refractivity contribution is 0.0852. The lowest BCUT2D eigenvalue weighted by atomic mass is 9.99. The highest BCUT2D eigenvalue weighted by Gasteiger charge is 2.24. The third kappa shape index (κ3) is 3.54. The summed E-state index contributed by atoms with van der Waals surface area (Å²) in [6.07, 6.45) is 3.12. The predicted molar refractivity (Wildman–Crippen MR) is 114 cm³/mol. The minimum atomic E-state index is -0.0720. The van der Waals surface area contributed by atoms with Crippen molar-refractivity contribution in [1.29, 1.82) is 0 Å². The van der Waals surface area contributed by atoms with Crippen LogP contribution in [0.25, 0.3) is 22.0 Å². The van der Waals surface area contributed by atoms with Gasteiger partial charge in [-0.15, -0.1) is 0 Å². The van der Waals surface area contributed by atoms with Gasteiger partial charge in [-0.05, 0) is 54.7 Å². The largest absolute Gasteiger partial charge is 0.376 e. The van der Waals surface area contributed by atoms with Crippen LogP contribution in [0.1, 0.15) is 35.8 Å². The van der Waals surface area contributed by atoms with E-state index in [4.69, 9.17) is 16.3 Å². The van der Waals surface area contributed by atoms with E-state index in [9.17, 15) is 4.79 Å². The molecule has 1 aliphatic rings. The first-order valence-electron chi connectivity index (χ1n) is 9.85. The topological polar surface area (TPSA) is 43.3 Å². The number of amides is 1. The molecule has 0 radical (unpaired) electrons. The maximum atomic E-state index is 13.2. The minimum absolute atomic E-state index is 0.0720. The van der Waals surface area contributed by atoms with Gasteiger partial charge in [-0.2, -0.15) is 0 Å². The summed E-state index contributed by atoms with van der Waals surface area (Å²) in [5.41, 5.74) is 4.91. The molecule has 146 valence electrons. The second-order valence-corrected chi connectivity index (χ2v) is 7.78. The Hall–Kier alpha value is -2.30. The van der Waals surface area contributed by atoms with Crippen molar-refractivity contribution in [1.82, 2.24) is 9.88 Å². The van der Waals surface area contributed by atoms with E-state index < -0.39 is 0 Å². The monoisotopic (exact) mass is 396 g/mol. The summed E-state index contributed by atoms with van der Waals surface area (Å²) >= 11 is 6.10. The summed E-state index contributed by atoms with van der Waals surface area (Å²) in [6, 6.07) is 14.1. The Labute approximate surface area is 170 Å². The normalized spacial score (nSPS) is 16.6. The lowest BCUT2D eigenvalue weighted by Crippen LogP contribution is -2.33. The van der Waals surface area contributed by atoms with Gasteiger partial charge in [-0.25, -0.2) is 0 Å². The highest BCUT2D eigenvalue weighted by molar-refractivity contribution is 6.30. The number of fused-ring (bicyclic) bond motifs is 1. The van der Waals surface area contributed by atoms with Crippen LogP contribution in [0.4, 0.5) is 0 Å². The number of carbonyl (C=O) groups excluding carboxylic acids is 1. The summed E-state index contributed by atoms with van der Waals surface area (Å²) in [5, 5.41) is 4.85. The lowest BCUT2D eigenvalue weighted by Gasteiger charge is -2.13. The van der Waals surface area contributed by atoms with Crippen LogP contribution < -0.4 is 5.32 Å². The molecule has 1 aromatic heterocycles. The molecule has 4 nitrogen and oxygen atoms in total. The van der Waals surface area contributed by atoms with Gasteiger partial charge >= 0.3 is 0 Å². The number of hydrogen-bond donors (Lipinski definition) is 1. The molecular formula is C23H25ClN2O2. The molecule has 1 N–H and O–H groups in total. The van der Waals surface area contributed by atoms with Gasteiger partial charge in [0, 0.05) is 41.7 Å². The number of nitrogens with zero attached hydrogens (tertiary/aromatic N) is 1. The van der Waals surface area contributed by atoms with Crippen LogP contribution >= 0.6 is 11.6 Å². The van der Waals surface area contributed by atoms with Crippen molar-refractivity contribution in [3.63, 3.8) is 0 Å². The molecule has 0 spiro atoms. The molecule has 1 aliphatic heterocycles. The van der Waals surface area contributed by atoms with Gasteiger partial charge in [0.1, 0.15) is 5.69 Å². The van der Waals surface area contributed by atoms with Gasteiger partial charge in [-0.1, -0.05) is 36.7 Å². The molecule has 5 heteroatoms. The molecule has 0 aliphatic carbocycles. The van der Waals surface area contributed by atoms with Gasteiger partial charge in [0.15, 0.2) is 0 Å². The van der Waals surface area contributed by atoms with Gasteiger partial charge in [0.05, 0.1) is 6.10 Å². The smallest absolute Gasteiger partial charge is 0.268 e. The average molecular weight is 397 g/mol. The number of hydrogen-bond acceptors (Lipinski definition) is 2. The van der Waals surface area contributed by atoms with Gasteiger partial charge in [-0.3, -0.25) is 4.79 Å². The van der Waals surface area contributed by atoms with E-state index in [2.05, 4.69) is 30.4 Å². The maximum absolute atomic E-state index is 13.2. The van der Waals surface area contributed by atoms with Gasteiger partial charge in [0.25, 0.3) is 5.91 Å². The van der Waals surface area contributed by atoms with Crippen molar-refractivity contribution >= 4 is 28.4 Å². The highest BCUT2D eigenvalue weighted by atomic mass is 35.5. The summed E-state index contributed by atoms with van der Waals surface area (Å²) in [5.74, 6) is -0.0720. The number of nitrogens with one attached hydrogen (secondary N) is 1. The third-order valence-corrected chi connectivity index (χ3v) is 5.79. The fourth-order valence-corrected chi connectivity index (χ4v) is 4.11. The molecule has 4 rings (SSSR count). The van der Waals surface area contributed by atoms with E-state index in [1.165, 1.54) is 5.56 Å². The van der Waals surface area contributed by atoms with Crippen molar-refractivity contribution in [3.05, 3.63) is 58.7 Å². The van der Waals surface area contributed by atoms with Crippen molar-refractivity contribution in [2.24, 2.45) is 7.05 Å². The number of rotatable bonds is 5. The molecule has 0 unspecified atom stereocenters. The molecule has 28 heavy (non-hydrogen) atoms. The predicted octanol–water partition coefficient (Wildman–Crippen LogP) is 4.97. The molecule has 2 heterocycles. The van der Waals surface area contributed by atoms with Crippen molar-refractivity contribution in [2.45, 2.75) is 32.3 Å². The number of ether oxygens (including phenoxy) is 1. The SMILES string of the molecule is CCc1ccc2c(c1)c(-c1ccc(Cl)cc1)c(C(=O)NC[C@H]1CCCO1)n2C. The summed E-state index contributed by atoms with van der Waals surface area (Å²) in [7, 11) is 1.95. The Kier molecular flexibility index (Phi) is 5.42. The number of halogens is 1. The van der Waals surface area contributed by atoms with E-state index in [1.807, 2.05) is 35.9 Å². The third-order valence-electron chi connectivity index (χ3n) is 5.53. The minimum Gasteiger partial charge on any atom is -0.376 e. The molecule has 1 amide bonds. The number of benzene rings is 2. The Balaban J connectivity index is 1.81. The Morgan fingerprint density at radius 3 is 2.71 bits per heavy atom. The zero-order valence-corrected chi connectivity index (χ0v) is 17.1. The molecule has 1 fully saturated rings. The van der Waals surface area contributed by atoms with Crippen molar-refractivity contribution < 1.29 is 9.53 Å². The molecule has 2 aromatic carbocycles. The second kappa shape index (κ2) is 7.98. The van der Waals surface area contributed by atoms with Crippen molar-refractivity contribution in [2.75, 3.05) is 13.2 Å². The number of aryl methyl sites for hydroxylation is 2. The average Bonchev–Trinajstić information content (AvgIpc) is 3.33. The zero-order valence-electron chi connectivity index (χ0n) is 16.3. The van der Waals surface area contributed by atoms with Crippen LogP contribution in [0.2, 0.25) is 5.02 Å². The molecule has 3 aromatic rings. The molecular weight excluding hydrogens is 372 g/mol. The molecule has 1 atom stereocenters. The molecule has 0 bridgehead atoms. The van der Waals surface area contributed by atoms with Crippen LogP contribution in [0.3, 0.4) is 0 Å². The summed E-state index contributed by atoms with van der Waals surface area (Å²) in [6.45, 7) is 3.46. The van der Waals surface area contributed by atoms with Crippen LogP contribution in [-0.4, -0.2) is 29.7 Å². The fourth-order valence-electron chi connectivity index (χ4n) is 3.98.